The smallest absolute Gasteiger partial charge is 0.255 e. The Hall–Kier alpha value is -2.48. The van der Waals surface area contributed by atoms with Crippen LogP contribution in [0.4, 0.5) is 0 Å². The van der Waals surface area contributed by atoms with Crippen molar-refractivity contribution in [1.29, 1.82) is 0 Å². The van der Waals surface area contributed by atoms with Crippen LogP contribution < -0.4 is 15.2 Å². The maximum atomic E-state index is 10.7. The Kier molecular flexibility index (Phi) is 6.28. The first kappa shape index (κ1) is 16.6. The third-order valence-corrected chi connectivity index (χ3v) is 2.60. The molecule has 1 rings (SSSR count). The van der Waals surface area contributed by atoms with E-state index in [0.29, 0.717) is 5.56 Å². The van der Waals surface area contributed by atoms with Crippen molar-refractivity contribution in [2.24, 2.45) is 10.8 Å². The van der Waals surface area contributed by atoms with Gasteiger partial charge in [-0.3, -0.25) is 4.79 Å². The van der Waals surface area contributed by atoms with Gasteiger partial charge in [0.1, 0.15) is 6.10 Å². The maximum Gasteiger partial charge on any atom is 0.255 e. The molecule has 4 N–H and O–H groups in total. The van der Waals surface area contributed by atoms with E-state index in [4.69, 9.17) is 20.7 Å². The molecule has 0 aliphatic rings. The third kappa shape index (κ3) is 4.84. The zero-order chi connectivity index (χ0) is 15.8. The number of hydrogen-bond donors (Lipinski definition) is 3. The van der Waals surface area contributed by atoms with E-state index in [1.165, 1.54) is 25.3 Å². The molecule has 1 aromatic carbocycles. The highest BCUT2D eigenvalue weighted by Crippen LogP contribution is 2.31. The van der Waals surface area contributed by atoms with E-state index in [1.54, 1.807) is 0 Å². The third-order valence-electron chi connectivity index (χ3n) is 2.60. The summed E-state index contributed by atoms with van der Waals surface area (Å²) in [7, 11) is 1.39. The number of primary amides is 1. The predicted octanol–water partition coefficient (Wildman–Crippen LogP) is 0.264. The minimum Gasteiger partial charge on any atom is -0.493 e. The van der Waals surface area contributed by atoms with Gasteiger partial charge in [-0.2, -0.15) is 0 Å². The predicted molar refractivity (Wildman–Crippen MR) is 72.7 cm³/mol. The number of rotatable bonds is 8. The van der Waals surface area contributed by atoms with Gasteiger partial charge in [0.05, 0.1) is 19.8 Å². The number of amides is 1. The number of hydrogen-bond acceptors (Lipinski definition) is 6. The summed E-state index contributed by atoms with van der Waals surface area (Å²) in [5.41, 5.74) is 13.5. The molecule has 114 valence electrons. The van der Waals surface area contributed by atoms with E-state index in [9.17, 15) is 15.0 Å². The number of carbonyl (C=O) groups is 1. The lowest BCUT2D eigenvalue weighted by molar-refractivity contribution is -0.119. The number of azide groups is 1. The van der Waals surface area contributed by atoms with Crippen LogP contribution in [0.25, 0.3) is 10.4 Å². The van der Waals surface area contributed by atoms with Crippen LogP contribution in [-0.4, -0.2) is 42.5 Å². The van der Waals surface area contributed by atoms with Crippen LogP contribution in [-0.2, 0) is 4.79 Å². The van der Waals surface area contributed by atoms with E-state index >= 15 is 0 Å². The summed E-state index contributed by atoms with van der Waals surface area (Å²) in [6, 6.07) is 4.41. The summed E-state index contributed by atoms with van der Waals surface area (Å²) < 4.78 is 10.2. The Morgan fingerprint density at radius 3 is 2.76 bits per heavy atom. The second-order valence-electron chi connectivity index (χ2n) is 4.09. The molecule has 21 heavy (non-hydrogen) atoms. The fourth-order valence-corrected chi connectivity index (χ4v) is 1.58. The molecule has 0 saturated heterocycles. The second-order valence-corrected chi connectivity index (χ2v) is 4.09. The Morgan fingerprint density at radius 2 is 2.19 bits per heavy atom. The molecule has 9 nitrogen and oxygen atoms in total. The van der Waals surface area contributed by atoms with Gasteiger partial charge in [0, 0.05) is 4.91 Å². The van der Waals surface area contributed by atoms with Crippen LogP contribution in [0.15, 0.2) is 23.3 Å². The Balaban J connectivity index is 2.89. The van der Waals surface area contributed by atoms with Crippen molar-refractivity contribution in [3.05, 3.63) is 34.2 Å². The molecule has 0 saturated carbocycles. The highest BCUT2D eigenvalue weighted by atomic mass is 16.5. The van der Waals surface area contributed by atoms with Gasteiger partial charge in [-0.15, -0.1) is 0 Å². The average molecular weight is 296 g/mol. The quantitative estimate of drug-likeness (QED) is 0.357. The summed E-state index contributed by atoms with van der Waals surface area (Å²) in [4.78, 5) is 13.2. The van der Waals surface area contributed by atoms with Crippen molar-refractivity contribution < 1.29 is 24.5 Å². The molecule has 0 fully saturated rings. The first-order chi connectivity index (χ1) is 9.99. The minimum absolute atomic E-state index is 0.264. The minimum atomic E-state index is -1.26. The number of benzene rings is 1. The lowest BCUT2D eigenvalue weighted by Crippen LogP contribution is -2.21. The summed E-state index contributed by atoms with van der Waals surface area (Å²) in [5.74, 6) is -0.0912. The van der Waals surface area contributed by atoms with Crippen molar-refractivity contribution in [3.63, 3.8) is 0 Å². The van der Waals surface area contributed by atoms with Crippen molar-refractivity contribution >= 4 is 5.91 Å². The molecule has 1 aromatic rings. The van der Waals surface area contributed by atoms with Crippen LogP contribution in [0.2, 0.25) is 0 Å². The Labute approximate surface area is 120 Å². The van der Waals surface area contributed by atoms with Crippen LogP contribution in [0, 0.1) is 0 Å². The lowest BCUT2D eigenvalue weighted by atomic mass is 10.0. The highest BCUT2D eigenvalue weighted by Gasteiger charge is 2.19. The SMILES string of the molecule is COc1cc(C(O)C(O)CN=[N+]=[N-])ccc1OCC(N)=O. The maximum absolute atomic E-state index is 10.7. The van der Waals surface area contributed by atoms with Gasteiger partial charge in [0.2, 0.25) is 0 Å². The molecular formula is C12H16N4O5. The summed E-state index contributed by atoms with van der Waals surface area (Å²) in [6.45, 7) is -0.572. The van der Waals surface area contributed by atoms with Crippen molar-refractivity contribution in [3.8, 4) is 11.5 Å². The van der Waals surface area contributed by atoms with E-state index in [0.717, 1.165) is 0 Å². The van der Waals surface area contributed by atoms with Gasteiger partial charge in [0.15, 0.2) is 18.1 Å². The number of nitrogens with zero attached hydrogens (tertiary/aromatic N) is 3. The molecule has 0 aliphatic carbocycles. The van der Waals surface area contributed by atoms with E-state index in [1.807, 2.05) is 0 Å². The molecule has 0 radical (unpaired) electrons. The second kappa shape index (κ2) is 7.95. The number of aliphatic hydroxyl groups excluding tert-OH is 2. The lowest BCUT2D eigenvalue weighted by Gasteiger charge is -2.18. The van der Waals surface area contributed by atoms with Crippen LogP contribution in [0.1, 0.15) is 11.7 Å². The molecule has 0 spiro atoms. The highest BCUT2D eigenvalue weighted by molar-refractivity contribution is 5.75. The molecule has 0 bridgehead atoms. The fourth-order valence-electron chi connectivity index (χ4n) is 1.58. The average Bonchev–Trinajstić information content (AvgIpc) is 2.49. The van der Waals surface area contributed by atoms with Crippen LogP contribution >= 0.6 is 0 Å². The molecule has 2 atom stereocenters. The van der Waals surface area contributed by atoms with E-state index in [2.05, 4.69) is 10.0 Å². The van der Waals surface area contributed by atoms with Gasteiger partial charge >= 0.3 is 0 Å². The normalized spacial score (nSPS) is 12.9. The summed E-state index contributed by atoms with van der Waals surface area (Å²) in [5, 5.41) is 22.8. The number of ether oxygens (including phenoxy) is 2. The standard InChI is InChI=1S/C12H16N4O5/c1-20-10-4-7(12(19)8(17)5-15-16-14)2-3-9(10)21-6-11(13)18/h2-4,8,12,17,19H,5-6H2,1H3,(H2,13,18). The Morgan fingerprint density at radius 1 is 1.48 bits per heavy atom. The molecule has 0 aromatic heterocycles. The van der Waals surface area contributed by atoms with Gasteiger partial charge in [-0.25, -0.2) is 0 Å². The monoisotopic (exact) mass is 296 g/mol. The molecule has 1 amide bonds. The largest absolute Gasteiger partial charge is 0.493 e. The first-order valence-electron chi connectivity index (χ1n) is 5.95. The molecule has 9 heteroatoms. The summed E-state index contributed by atoms with van der Waals surface area (Å²) >= 11 is 0. The van der Waals surface area contributed by atoms with E-state index < -0.39 is 18.1 Å². The fraction of sp³-hybridized carbons (Fsp3) is 0.417. The van der Waals surface area contributed by atoms with Gasteiger partial charge in [0.25, 0.3) is 5.91 Å². The van der Waals surface area contributed by atoms with Gasteiger partial charge in [-0.05, 0) is 23.2 Å². The number of nitrogens with two attached hydrogens (primary N) is 1. The number of methoxy groups -OCH3 is 1. The molecule has 2 unspecified atom stereocenters. The van der Waals surface area contributed by atoms with Crippen LogP contribution in [0.5, 0.6) is 11.5 Å². The van der Waals surface area contributed by atoms with Crippen molar-refractivity contribution in [2.45, 2.75) is 12.2 Å². The Bertz CT molecular complexity index is 544. The van der Waals surface area contributed by atoms with Crippen molar-refractivity contribution in [2.75, 3.05) is 20.3 Å². The van der Waals surface area contributed by atoms with Gasteiger partial charge in [-0.1, -0.05) is 11.2 Å². The zero-order valence-electron chi connectivity index (χ0n) is 11.3. The number of carbonyl (C=O) groups excluding carboxylic acids is 1. The molecule has 0 heterocycles. The number of aliphatic hydroxyl groups is 2. The summed E-state index contributed by atoms with van der Waals surface area (Å²) in [6.07, 6.45) is -2.50. The topological polar surface area (TPSA) is 151 Å². The van der Waals surface area contributed by atoms with E-state index in [-0.39, 0.29) is 24.7 Å². The first-order valence-corrected chi connectivity index (χ1v) is 5.95. The van der Waals surface area contributed by atoms with Crippen molar-refractivity contribution in [1.82, 2.24) is 0 Å². The molecular weight excluding hydrogens is 280 g/mol. The van der Waals surface area contributed by atoms with Crippen LogP contribution in [0.3, 0.4) is 0 Å². The van der Waals surface area contributed by atoms with Gasteiger partial charge < -0.3 is 25.4 Å². The molecule has 0 aliphatic heterocycles. The zero-order valence-corrected chi connectivity index (χ0v) is 11.3.